The van der Waals surface area contributed by atoms with Crippen molar-refractivity contribution in [3.8, 4) is 5.69 Å². The summed E-state index contributed by atoms with van der Waals surface area (Å²) in [6.45, 7) is 0. The SMILES string of the molecule is O=C(N[C@H]1CS(=O)(=O)C[C@@H]1O)c1nn(-c2ccc(F)cc2F)c2c1C[C@@H]1C[C@H]21. The number of halogens is 2. The van der Waals surface area contributed by atoms with E-state index in [-0.39, 0.29) is 23.1 Å². The minimum atomic E-state index is -3.41. The van der Waals surface area contributed by atoms with Crippen LogP contribution in [0.2, 0.25) is 0 Å². The van der Waals surface area contributed by atoms with Crippen molar-refractivity contribution in [1.82, 2.24) is 15.1 Å². The number of fused-ring (bicyclic) bond motifs is 3. The van der Waals surface area contributed by atoms with E-state index in [1.54, 1.807) is 0 Å². The zero-order chi connectivity index (χ0) is 19.8. The lowest BCUT2D eigenvalue weighted by Crippen LogP contribution is -2.43. The first-order valence-electron chi connectivity index (χ1n) is 9.00. The molecule has 3 aliphatic rings. The minimum absolute atomic E-state index is 0.0627. The highest BCUT2D eigenvalue weighted by Gasteiger charge is 2.50. The second-order valence-electron chi connectivity index (χ2n) is 7.75. The summed E-state index contributed by atoms with van der Waals surface area (Å²) in [6.07, 6.45) is 0.395. The number of aliphatic hydroxyl groups excluding tert-OH is 1. The Morgan fingerprint density at radius 1 is 1.29 bits per heavy atom. The molecule has 0 radical (unpaired) electrons. The zero-order valence-electron chi connectivity index (χ0n) is 14.6. The first kappa shape index (κ1) is 17.7. The Morgan fingerprint density at radius 2 is 2.07 bits per heavy atom. The van der Waals surface area contributed by atoms with E-state index >= 15 is 0 Å². The molecule has 5 rings (SSSR count). The molecule has 28 heavy (non-hydrogen) atoms. The number of nitrogens with zero attached hydrogens (tertiary/aromatic N) is 2. The summed E-state index contributed by atoms with van der Waals surface area (Å²) < 4.78 is 52.3. The Hall–Kier alpha value is -2.33. The number of sulfone groups is 1. The fourth-order valence-corrected chi connectivity index (χ4v) is 6.08. The summed E-state index contributed by atoms with van der Waals surface area (Å²) in [6, 6.07) is 2.27. The van der Waals surface area contributed by atoms with Gasteiger partial charge in [0.05, 0.1) is 29.3 Å². The van der Waals surface area contributed by atoms with Gasteiger partial charge in [-0.05, 0) is 30.9 Å². The Bertz CT molecular complexity index is 1110. The molecule has 1 aromatic carbocycles. The van der Waals surface area contributed by atoms with Crippen LogP contribution in [0.25, 0.3) is 5.69 Å². The number of hydrogen-bond acceptors (Lipinski definition) is 5. The fraction of sp³-hybridized carbons (Fsp3) is 0.444. The molecule has 2 N–H and O–H groups in total. The van der Waals surface area contributed by atoms with E-state index < -0.39 is 45.3 Å². The fourth-order valence-electron chi connectivity index (χ4n) is 4.34. The number of carbonyl (C=O) groups excluding carboxylic acids is 1. The number of benzene rings is 1. The van der Waals surface area contributed by atoms with E-state index in [2.05, 4.69) is 10.4 Å². The van der Waals surface area contributed by atoms with Crippen LogP contribution >= 0.6 is 0 Å². The average molecular weight is 409 g/mol. The first-order chi connectivity index (χ1) is 13.2. The molecule has 2 fully saturated rings. The predicted octanol–water partition coefficient (Wildman–Crippen LogP) is 0.698. The first-order valence-corrected chi connectivity index (χ1v) is 10.8. The van der Waals surface area contributed by atoms with Gasteiger partial charge in [-0.2, -0.15) is 5.10 Å². The molecule has 1 saturated carbocycles. The third-order valence-corrected chi connectivity index (χ3v) is 7.47. The van der Waals surface area contributed by atoms with E-state index in [1.807, 2.05) is 0 Å². The van der Waals surface area contributed by atoms with Crippen LogP contribution in [0.5, 0.6) is 0 Å². The highest BCUT2D eigenvalue weighted by Crippen LogP contribution is 2.57. The second-order valence-corrected chi connectivity index (χ2v) is 9.90. The van der Waals surface area contributed by atoms with Crippen molar-refractivity contribution in [3.63, 3.8) is 0 Å². The number of hydrogen-bond donors (Lipinski definition) is 2. The van der Waals surface area contributed by atoms with Gasteiger partial charge in [0.1, 0.15) is 11.5 Å². The molecule has 0 bridgehead atoms. The van der Waals surface area contributed by atoms with E-state index in [0.29, 0.717) is 17.9 Å². The molecule has 10 heteroatoms. The summed E-state index contributed by atoms with van der Waals surface area (Å²) in [5, 5.41) is 16.7. The van der Waals surface area contributed by atoms with Gasteiger partial charge in [-0.3, -0.25) is 4.79 Å². The van der Waals surface area contributed by atoms with Gasteiger partial charge < -0.3 is 10.4 Å². The Kier molecular flexibility index (Phi) is 3.70. The van der Waals surface area contributed by atoms with Gasteiger partial charge >= 0.3 is 0 Å². The molecule has 4 atom stereocenters. The molecule has 2 aliphatic carbocycles. The maximum Gasteiger partial charge on any atom is 0.272 e. The molecule has 1 saturated heterocycles. The number of carbonyl (C=O) groups is 1. The quantitative estimate of drug-likeness (QED) is 0.777. The van der Waals surface area contributed by atoms with E-state index in [0.717, 1.165) is 24.2 Å². The van der Waals surface area contributed by atoms with Crippen LogP contribution in [-0.2, 0) is 16.3 Å². The molecule has 1 aromatic heterocycles. The normalized spacial score (nSPS) is 29.4. The van der Waals surface area contributed by atoms with Crippen LogP contribution in [0.4, 0.5) is 8.78 Å². The van der Waals surface area contributed by atoms with Crippen molar-refractivity contribution in [2.75, 3.05) is 11.5 Å². The summed E-state index contributed by atoms with van der Waals surface area (Å²) in [4.78, 5) is 12.8. The lowest BCUT2D eigenvalue weighted by molar-refractivity contribution is 0.0882. The summed E-state index contributed by atoms with van der Waals surface area (Å²) in [5.74, 6) is -2.24. The number of aliphatic hydroxyl groups is 1. The molecule has 148 valence electrons. The molecule has 0 spiro atoms. The van der Waals surface area contributed by atoms with Crippen molar-refractivity contribution in [2.24, 2.45) is 5.92 Å². The third kappa shape index (κ3) is 2.74. The smallest absolute Gasteiger partial charge is 0.272 e. The van der Waals surface area contributed by atoms with E-state index in [4.69, 9.17) is 0 Å². The summed E-state index contributed by atoms with van der Waals surface area (Å²) >= 11 is 0. The maximum absolute atomic E-state index is 14.3. The average Bonchev–Trinajstić information content (AvgIpc) is 2.98. The van der Waals surface area contributed by atoms with Crippen LogP contribution in [-0.4, -0.2) is 52.9 Å². The Labute approximate surface area is 159 Å². The number of rotatable bonds is 3. The van der Waals surface area contributed by atoms with Crippen molar-refractivity contribution in [1.29, 1.82) is 0 Å². The van der Waals surface area contributed by atoms with Gasteiger partial charge in [0.25, 0.3) is 5.91 Å². The number of nitrogens with one attached hydrogen (secondary N) is 1. The summed E-state index contributed by atoms with van der Waals surface area (Å²) in [7, 11) is -3.41. The standard InChI is InChI=1S/C18H17F2N3O4S/c19-9-1-2-14(12(20)5-9)23-17-10-3-8(10)4-11(17)16(22-23)18(25)21-13-6-28(26,27)7-15(13)24/h1-2,5,8,10,13,15,24H,3-4,6-7H2,(H,21,25)/t8-,10-,13-,15-/m0/s1. The van der Waals surface area contributed by atoms with Crippen molar-refractivity contribution in [3.05, 3.63) is 46.8 Å². The van der Waals surface area contributed by atoms with Crippen LogP contribution in [0.15, 0.2) is 18.2 Å². The highest BCUT2D eigenvalue weighted by atomic mass is 32.2. The van der Waals surface area contributed by atoms with Crippen LogP contribution in [0, 0.1) is 17.6 Å². The van der Waals surface area contributed by atoms with Crippen molar-refractivity contribution in [2.45, 2.75) is 30.9 Å². The Morgan fingerprint density at radius 3 is 2.75 bits per heavy atom. The maximum atomic E-state index is 14.3. The van der Waals surface area contributed by atoms with E-state index in [1.165, 1.54) is 10.7 Å². The van der Waals surface area contributed by atoms with Gasteiger partial charge in [0, 0.05) is 17.5 Å². The van der Waals surface area contributed by atoms with Gasteiger partial charge in [-0.15, -0.1) is 0 Å². The molecule has 2 heterocycles. The largest absolute Gasteiger partial charge is 0.390 e. The molecule has 7 nitrogen and oxygen atoms in total. The highest BCUT2D eigenvalue weighted by molar-refractivity contribution is 7.91. The van der Waals surface area contributed by atoms with Gasteiger partial charge in [-0.1, -0.05) is 0 Å². The lowest BCUT2D eigenvalue weighted by Gasteiger charge is -2.14. The van der Waals surface area contributed by atoms with Crippen LogP contribution < -0.4 is 5.32 Å². The Balaban J connectivity index is 1.51. The molecule has 0 unspecified atom stereocenters. The monoisotopic (exact) mass is 409 g/mol. The second kappa shape index (κ2) is 5.84. The van der Waals surface area contributed by atoms with Crippen LogP contribution in [0.3, 0.4) is 0 Å². The van der Waals surface area contributed by atoms with Gasteiger partial charge in [-0.25, -0.2) is 21.9 Å². The molecule has 2 aromatic rings. The molecular formula is C18H17F2N3O4S. The zero-order valence-corrected chi connectivity index (χ0v) is 15.4. The van der Waals surface area contributed by atoms with Gasteiger partial charge in [0.15, 0.2) is 21.3 Å². The van der Waals surface area contributed by atoms with E-state index in [9.17, 15) is 27.1 Å². The van der Waals surface area contributed by atoms with Crippen molar-refractivity contribution >= 4 is 15.7 Å². The predicted molar refractivity (Wildman–Crippen MR) is 93.9 cm³/mol. The molecule has 1 amide bonds. The topological polar surface area (TPSA) is 101 Å². The van der Waals surface area contributed by atoms with Gasteiger partial charge in [0.2, 0.25) is 0 Å². The minimum Gasteiger partial charge on any atom is -0.390 e. The summed E-state index contributed by atoms with van der Waals surface area (Å²) in [5.41, 5.74) is 1.62. The lowest BCUT2D eigenvalue weighted by atomic mass is 10.1. The molecule has 1 aliphatic heterocycles. The van der Waals surface area contributed by atoms with Crippen LogP contribution in [0.1, 0.15) is 34.1 Å². The number of aromatic nitrogens is 2. The number of amides is 1. The van der Waals surface area contributed by atoms with Crippen molar-refractivity contribution < 1.29 is 27.1 Å². The molecular weight excluding hydrogens is 392 g/mol. The third-order valence-electron chi connectivity index (χ3n) is 5.76.